The monoisotopic (exact) mass is 376 g/mol. The molecule has 27 heavy (non-hydrogen) atoms. The highest BCUT2D eigenvalue weighted by molar-refractivity contribution is 5.31. The molecule has 1 nitrogen and oxygen atoms in total. The highest BCUT2D eigenvalue weighted by Gasteiger charge is 2.22. The van der Waals surface area contributed by atoms with Gasteiger partial charge in [0.1, 0.15) is 0 Å². The van der Waals surface area contributed by atoms with E-state index in [0.717, 1.165) is 18.8 Å². The summed E-state index contributed by atoms with van der Waals surface area (Å²) in [6.07, 6.45) is 18.0. The molecule has 0 amide bonds. The quantitative estimate of drug-likeness (QED) is 0.314. The summed E-state index contributed by atoms with van der Waals surface area (Å²) < 4.78 is 20.0. The lowest BCUT2D eigenvalue weighted by molar-refractivity contribution is 0.288. The van der Waals surface area contributed by atoms with Crippen molar-refractivity contribution in [2.75, 3.05) is 6.61 Å². The molecule has 0 spiro atoms. The summed E-state index contributed by atoms with van der Waals surface area (Å²) in [6, 6.07) is 5.68. The van der Waals surface area contributed by atoms with Crippen molar-refractivity contribution in [2.24, 2.45) is 5.92 Å². The Morgan fingerprint density at radius 1 is 0.852 bits per heavy atom. The van der Waals surface area contributed by atoms with Crippen LogP contribution in [-0.4, -0.2) is 6.61 Å². The molecule has 154 valence electrons. The number of rotatable bonds is 13. The number of unbranched alkanes of at least 4 members (excludes halogenated alkanes) is 7. The number of hydrogen-bond acceptors (Lipinski definition) is 1. The normalized spacial score (nSPS) is 20.0. The number of hydrogen-bond donors (Lipinski definition) is 0. The van der Waals surface area contributed by atoms with Gasteiger partial charge in [-0.25, -0.2) is 4.39 Å². The van der Waals surface area contributed by atoms with E-state index >= 15 is 0 Å². The number of halogens is 1. The van der Waals surface area contributed by atoms with E-state index < -0.39 is 0 Å². The fourth-order valence-corrected chi connectivity index (χ4v) is 4.42. The molecule has 0 bridgehead atoms. The summed E-state index contributed by atoms with van der Waals surface area (Å²) in [5, 5.41) is 0. The smallest absolute Gasteiger partial charge is 0.165 e. The van der Waals surface area contributed by atoms with Crippen LogP contribution >= 0.6 is 0 Å². The van der Waals surface area contributed by atoms with E-state index in [1.807, 2.05) is 6.07 Å². The van der Waals surface area contributed by atoms with Crippen LogP contribution in [0.15, 0.2) is 18.2 Å². The van der Waals surface area contributed by atoms with Gasteiger partial charge >= 0.3 is 0 Å². The Balaban J connectivity index is 1.70. The third-order valence-electron chi connectivity index (χ3n) is 6.25. The Morgan fingerprint density at radius 2 is 1.52 bits per heavy atom. The zero-order chi connectivity index (χ0) is 19.3. The van der Waals surface area contributed by atoms with Gasteiger partial charge in [0.15, 0.2) is 11.6 Å². The van der Waals surface area contributed by atoms with Gasteiger partial charge in [-0.3, -0.25) is 0 Å². The Bertz CT molecular complexity index is 505. The topological polar surface area (TPSA) is 9.23 Å². The second kappa shape index (κ2) is 13.2. The molecule has 1 aliphatic carbocycles. The highest BCUT2D eigenvalue weighted by atomic mass is 19.1. The van der Waals surface area contributed by atoms with Gasteiger partial charge in [0.2, 0.25) is 0 Å². The van der Waals surface area contributed by atoms with Gasteiger partial charge < -0.3 is 4.74 Å². The van der Waals surface area contributed by atoms with Gasteiger partial charge in [-0.05, 0) is 61.6 Å². The first-order valence-electron chi connectivity index (χ1n) is 11.7. The summed E-state index contributed by atoms with van der Waals surface area (Å²) >= 11 is 0. The van der Waals surface area contributed by atoms with Gasteiger partial charge in [-0.2, -0.15) is 0 Å². The molecule has 0 radical (unpaired) electrons. The van der Waals surface area contributed by atoms with E-state index in [4.69, 9.17) is 4.74 Å². The fraction of sp³-hybridized carbons (Fsp3) is 0.760. The zero-order valence-electron chi connectivity index (χ0n) is 17.8. The predicted octanol–water partition coefficient (Wildman–Crippen LogP) is 8.42. The van der Waals surface area contributed by atoms with Crippen LogP contribution in [0.4, 0.5) is 4.39 Å². The van der Waals surface area contributed by atoms with Crippen LogP contribution in [0, 0.1) is 11.7 Å². The van der Waals surface area contributed by atoms with Crippen LogP contribution in [0.3, 0.4) is 0 Å². The van der Waals surface area contributed by atoms with Gasteiger partial charge in [0.25, 0.3) is 0 Å². The molecule has 2 rings (SSSR count). The van der Waals surface area contributed by atoms with Crippen molar-refractivity contribution >= 4 is 0 Å². The lowest BCUT2D eigenvalue weighted by Crippen LogP contribution is -2.13. The molecular weight excluding hydrogens is 335 g/mol. The first-order chi connectivity index (χ1) is 13.2. The van der Waals surface area contributed by atoms with Gasteiger partial charge in [-0.15, -0.1) is 0 Å². The molecule has 2 heteroatoms. The average Bonchev–Trinajstić information content (AvgIpc) is 2.69. The first kappa shape index (κ1) is 22.2. The maximum absolute atomic E-state index is 14.4. The van der Waals surface area contributed by atoms with Gasteiger partial charge in [-0.1, -0.05) is 77.7 Å². The molecule has 0 atom stereocenters. The van der Waals surface area contributed by atoms with Crippen molar-refractivity contribution in [3.05, 3.63) is 29.6 Å². The van der Waals surface area contributed by atoms with Crippen LogP contribution in [0.1, 0.15) is 115 Å². The summed E-state index contributed by atoms with van der Waals surface area (Å²) in [6.45, 7) is 5.09. The second-order valence-electron chi connectivity index (χ2n) is 8.52. The van der Waals surface area contributed by atoms with Crippen LogP contribution in [0.2, 0.25) is 0 Å². The van der Waals surface area contributed by atoms with E-state index in [1.54, 1.807) is 6.07 Å². The summed E-state index contributed by atoms with van der Waals surface area (Å²) in [5.74, 6) is 1.69. The van der Waals surface area contributed by atoms with E-state index in [1.165, 1.54) is 82.6 Å². The number of benzene rings is 1. The second-order valence-corrected chi connectivity index (χ2v) is 8.52. The van der Waals surface area contributed by atoms with Crippen LogP contribution in [0.5, 0.6) is 5.75 Å². The Hall–Kier alpha value is -1.05. The maximum atomic E-state index is 14.4. The molecule has 0 N–H and O–H groups in total. The third kappa shape index (κ3) is 8.23. The third-order valence-corrected chi connectivity index (χ3v) is 6.25. The minimum atomic E-state index is -0.180. The van der Waals surface area contributed by atoms with E-state index in [0.29, 0.717) is 18.3 Å². The minimum Gasteiger partial charge on any atom is -0.491 e. The Kier molecular flexibility index (Phi) is 10.9. The lowest BCUT2D eigenvalue weighted by Gasteiger charge is -2.29. The predicted molar refractivity (Wildman–Crippen MR) is 114 cm³/mol. The Morgan fingerprint density at radius 3 is 2.19 bits per heavy atom. The first-order valence-corrected chi connectivity index (χ1v) is 11.7. The van der Waals surface area contributed by atoms with Gasteiger partial charge in [0, 0.05) is 0 Å². The van der Waals surface area contributed by atoms with E-state index in [-0.39, 0.29) is 5.82 Å². The summed E-state index contributed by atoms with van der Waals surface area (Å²) in [7, 11) is 0. The van der Waals surface area contributed by atoms with Crippen molar-refractivity contribution in [1.82, 2.24) is 0 Å². The standard InChI is InChI=1S/C25H41FO/c1-3-5-7-9-10-12-21-13-15-22(16-14-21)23-17-18-25(24(26)20-23)27-19-11-8-6-4-2/h17-18,20-22H,3-16,19H2,1-2H3. The molecule has 0 aromatic heterocycles. The van der Waals surface area contributed by atoms with Gasteiger partial charge in [0.05, 0.1) is 6.61 Å². The largest absolute Gasteiger partial charge is 0.491 e. The van der Waals surface area contributed by atoms with E-state index in [2.05, 4.69) is 19.9 Å². The van der Waals surface area contributed by atoms with Crippen molar-refractivity contribution in [1.29, 1.82) is 0 Å². The maximum Gasteiger partial charge on any atom is 0.165 e. The molecule has 1 fully saturated rings. The molecule has 1 aromatic carbocycles. The van der Waals surface area contributed by atoms with Crippen molar-refractivity contribution in [3.8, 4) is 5.75 Å². The molecule has 0 unspecified atom stereocenters. The van der Waals surface area contributed by atoms with Crippen LogP contribution < -0.4 is 4.74 Å². The SMILES string of the molecule is CCCCCCCC1CCC(c2ccc(OCCCCCC)c(F)c2)CC1. The lowest BCUT2D eigenvalue weighted by atomic mass is 9.77. The molecule has 1 aliphatic rings. The fourth-order valence-electron chi connectivity index (χ4n) is 4.42. The summed E-state index contributed by atoms with van der Waals surface area (Å²) in [4.78, 5) is 0. The zero-order valence-corrected chi connectivity index (χ0v) is 17.8. The number of ether oxygens (including phenoxy) is 1. The Labute approximate surface area is 167 Å². The molecule has 0 aliphatic heterocycles. The van der Waals surface area contributed by atoms with Crippen molar-refractivity contribution < 1.29 is 9.13 Å². The molecule has 1 aromatic rings. The summed E-state index contributed by atoms with van der Waals surface area (Å²) in [5.41, 5.74) is 1.17. The molecule has 0 heterocycles. The highest BCUT2D eigenvalue weighted by Crippen LogP contribution is 2.38. The average molecular weight is 377 g/mol. The van der Waals surface area contributed by atoms with Crippen molar-refractivity contribution in [3.63, 3.8) is 0 Å². The minimum absolute atomic E-state index is 0.180. The molecule has 0 saturated heterocycles. The molecular formula is C25H41FO. The van der Waals surface area contributed by atoms with Crippen molar-refractivity contribution in [2.45, 2.75) is 110 Å². The van der Waals surface area contributed by atoms with E-state index in [9.17, 15) is 4.39 Å². The van der Waals surface area contributed by atoms with Crippen LogP contribution in [-0.2, 0) is 0 Å². The van der Waals surface area contributed by atoms with Crippen LogP contribution in [0.25, 0.3) is 0 Å². The molecule has 1 saturated carbocycles.